The zero-order chi connectivity index (χ0) is 31.0. The number of H-pyrrole nitrogens is 2. The number of hydrogen-bond acceptors (Lipinski definition) is 4. The van der Waals surface area contributed by atoms with Gasteiger partial charge in [0.1, 0.15) is 11.6 Å². The zero-order valence-corrected chi connectivity index (χ0v) is 26.7. The van der Waals surface area contributed by atoms with Crippen LogP contribution in [0.25, 0.3) is 22.1 Å². The molecule has 0 unspecified atom stereocenters. The van der Waals surface area contributed by atoms with Crippen molar-refractivity contribution in [3.63, 3.8) is 0 Å². The molecule has 0 spiro atoms. The highest BCUT2D eigenvalue weighted by Crippen LogP contribution is 2.37. The zero-order valence-electron chi connectivity index (χ0n) is 26.7. The average Bonchev–Trinajstić information content (AvgIpc) is 3.93. The molecule has 2 saturated carbocycles. The second-order valence-corrected chi connectivity index (χ2v) is 14.0. The quantitative estimate of drug-likeness (QED) is 0.235. The molecule has 8 rings (SSSR count). The lowest BCUT2D eigenvalue weighted by molar-refractivity contribution is -0.140. The molecule has 2 amide bonds. The van der Waals surface area contributed by atoms with Crippen LogP contribution in [0.3, 0.4) is 0 Å². The Hall–Kier alpha value is -4.12. The van der Waals surface area contributed by atoms with E-state index in [1.807, 2.05) is 24.3 Å². The molecule has 2 aromatic carbocycles. The molecule has 238 valence electrons. The van der Waals surface area contributed by atoms with E-state index in [2.05, 4.69) is 43.7 Å². The summed E-state index contributed by atoms with van der Waals surface area (Å²) < 4.78 is 0. The smallest absolute Gasteiger partial charge is 0.226 e. The van der Waals surface area contributed by atoms with Crippen molar-refractivity contribution in [1.29, 1.82) is 0 Å². The van der Waals surface area contributed by atoms with Gasteiger partial charge in [-0.25, -0.2) is 9.97 Å². The van der Waals surface area contributed by atoms with Gasteiger partial charge in [0.05, 0.1) is 34.2 Å². The van der Waals surface area contributed by atoms with E-state index in [0.29, 0.717) is 11.8 Å². The molecule has 2 atom stereocenters. The third-order valence-corrected chi connectivity index (χ3v) is 11.0. The van der Waals surface area contributed by atoms with E-state index in [9.17, 15) is 9.59 Å². The first-order chi connectivity index (χ1) is 22.6. The first kappa shape index (κ1) is 29.3. The number of amides is 2. The van der Waals surface area contributed by atoms with E-state index >= 15 is 0 Å². The van der Waals surface area contributed by atoms with Crippen LogP contribution in [-0.4, -0.2) is 54.6 Å². The number of nitrogens with zero attached hydrogens (tertiary/aromatic N) is 4. The second-order valence-electron chi connectivity index (χ2n) is 14.0. The predicted octanol–water partition coefficient (Wildman–Crippen LogP) is 7.33. The summed E-state index contributed by atoms with van der Waals surface area (Å²) in [5.74, 6) is 9.50. The molecular weight excluding hydrogens is 572 g/mol. The SMILES string of the molecule is O=C(C1CCCC1)N1CCCC[C@H]1c1nc2ccc(C#Cc3ccc4nc([C@@H]5CCCCN5C(=O)C5CCCC5)[nH]c4c3)cc2[nH]1. The van der Waals surface area contributed by atoms with Gasteiger partial charge in [0.25, 0.3) is 0 Å². The van der Waals surface area contributed by atoms with Crippen molar-refractivity contribution >= 4 is 33.9 Å². The minimum Gasteiger partial charge on any atom is -0.340 e. The van der Waals surface area contributed by atoms with E-state index in [0.717, 1.165) is 122 Å². The molecule has 2 aliphatic heterocycles. The summed E-state index contributed by atoms with van der Waals surface area (Å²) in [6.07, 6.45) is 15.1. The van der Waals surface area contributed by atoms with Crippen molar-refractivity contribution < 1.29 is 9.59 Å². The van der Waals surface area contributed by atoms with E-state index in [1.165, 1.54) is 25.7 Å². The van der Waals surface area contributed by atoms with Gasteiger partial charge < -0.3 is 19.8 Å². The van der Waals surface area contributed by atoms with Crippen molar-refractivity contribution in [1.82, 2.24) is 29.7 Å². The normalized spacial score (nSPS) is 22.9. The van der Waals surface area contributed by atoms with E-state index in [1.54, 1.807) is 0 Å². The van der Waals surface area contributed by atoms with Crippen LogP contribution >= 0.6 is 0 Å². The monoisotopic (exact) mass is 616 g/mol. The first-order valence-corrected chi connectivity index (χ1v) is 17.7. The van der Waals surface area contributed by atoms with Gasteiger partial charge in [-0.05, 0) is 101 Å². The topological polar surface area (TPSA) is 98.0 Å². The van der Waals surface area contributed by atoms with Crippen LogP contribution in [0.1, 0.15) is 125 Å². The third kappa shape index (κ3) is 5.70. The van der Waals surface area contributed by atoms with Crippen LogP contribution in [0, 0.1) is 23.7 Å². The van der Waals surface area contributed by atoms with Crippen molar-refractivity contribution in [3.05, 3.63) is 59.2 Å². The molecule has 8 heteroatoms. The molecule has 4 aliphatic rings. The summed E-state index contributed by atoms with van der Waals surface area (Å²) in [5.41, 5.74) is 5.57. The minimum absolute atomic E-state index is 0.0244. The minimum atomic E-state index is 0.0244. The molecule has 2 aliphatic carbocycles. The first-order valence-electron chi connectivity index (χ1n) is 17.7. The van der Waals surface area contributed by atoms with E-state index in [-0.39, 0.29) is 23.9 Å². The van der Waals surface area contributed by atoms with Crippen LogP contribution in [0.2, 0.25) is 0 Å². The number of rotatable bonds is 4. The maximum Gasteiger partial charge on any atom is 0.226 e. The molecule has 2 saturated heterocycles. The van der Waals surface area contributed by atoms with Gasteiger partial charge in [-0.1, -0.05) is 37.5 Å². The number of benzene rings is 2. The van der Waals surface area contributed by atoms with Crippen molar-refractivity contribution in [2.24, 2.45) is 11.8 Å². The predicted molar refractivity (Wildman–Crippen MR) is 179 cm³/mol. The van der Waals surface area contributed by atoms with E-state index < -0.39 is 0 Å². The Morgan fingerprint density at radius 1 is 0.587 bits per heavy atom. The summed E-state index contributed by atoms with van der Waals surface area (Å²) >= 11 is 0. The molecule has 8 nitrogen and oxygen atoms in total. The number of aromatic nitrogens is 4. The number of fused-ring (bicyclic) bond motifs is 2. The molecule has 0 radical (unpaired) electrons. The largest absolute Gasteiger partial charge is 0.340 e. The van der Waals surface area contributed by atoms with Crippen LogP contribution < -0.4 is 0 Å². The van der Waals surface area contributed by atoms with Gasteiger partial charge in [-0.3, -0.25) is 9.59 Å². The van der Waals surface area contributed by atoms with Crippen LogP contribution in [0.4, 0.5) is 0 Å². The van der Waals surface area contributed by atoms with Gasteiger partial charge in [0.15, 0.2) is 0 Å². The number of carbonyl (C=O) groups is 2. The number of carbonyl (C=O) groups excluding carboxylic acids is 2. The highest BCUT2D eigenvalue weighted by molar-refractivity contribution is 5.82. The second kappa shape index (κ2) is 12.6. The van der Waals surface area contributed by atoms with E-state index in [4.69, 9.17) is 9.97 Å². The maximum absolute atomic E-state index is 13.4. The average molecular weight is 617 g/mol. The number of hydrogen-bond donors (Lipinski definition) is 2. The lowest BCUT2D eigenvalue weighted by atomic mass is 9.98. The molecule has 2 N–H and O–H groups in total. The molecule has 4 heterocycles. The number of imidazole rings is 2. The summed E-state index contributed by atoms with van der Waals surface area (Å²) in [6.45, 7) is 1.65. The standard InChI is InChI=1S/C38H44N6O2/c45-37(27-9-1-2-10-27)43-21-7-5-13-33(43)35-39-29-19-17-25(23-31(29)41-35)15-16-26-18-20-30-32(24-26)42-36(40-30)34-14-6-8-22-44(34)38(46)28-11-3-4-12-28/h17-20,23-24,27-28,33-34H,1-14,21-22H2,(H,39,41)(H,40,42)/t33-,34-/m0/s1. The molecule has 2 aromatic heterocycles. The van der Waals surface area contributed by atoms with Gasteiger partial charge >= 0.3 is 0 Å². The van der Waals surface area contributed by atoms with Crippen molar-refractivity contribution in [3.8, 4) is 11.8 Å². The van der Waals surface area contributed by atoms with Gasteiger partial charge in [-0.2, -0.15) is 0 Å². The van der Waals surface area contributed by atoms with Crippen LogP contribution in [0.5, 0.6) is 0 Å². The maximum atomic E-state index is 13.4. The molecule has 0 bridgehead atoms. The lowest BCUT2D eigenvalue weighted by Crippen LogP contribution is -2.41. The van der Waals surface area contributed by atoms with Gasteiger partial charge in [0.2, 0.25) is 11.8 Å². The molecule has 4 aromatic rings. The van der Waals surface area contributed by atoms with Crippen LogP contribution in [0.15, 0.2) is 36.4 Å². The molecule has 46 heavy (non-hydrogen) atoms. The van der Waals surface area contributed by atoms with Gasteiger partial charge in [-0.15, -0.1) is 0 Å². The van der Waals surface area contributed by atoms with Crippen molar-refractivity contribution in [2.45, 2.75) is 102 Å². The number of piperidine rings is 2. The third-order valence-electron chi connectivity index (χ3n) is 11.0. The molecule has 4 fully saturated rings. The number of aromatic amines is 2. The fourth-order valence-corrected chi connectivity index (χ4v) is 8.45. The fourth-order valence-electron chi connectivity index (χ4n) is 8.45. The Morgan fingerprint density at radius 2 is 1.00 bits per heavy atom. The molecular formula is C38H44N6O2. The Labute approximate surface area is 270 Å². The fraction of sp³-hybridized carbons (Fsp3) is 0.526. The highest BCUT2D eigenvalue weighted by Gasteiger charge is 2.36. The Bertz CT molecular complexity index is 1680. The Balaban J connectivity index is 1.00. The number of nitrogens with one attached hydrogen (secondary N) is 2. The van der Waals surface area contributed by atoms with Crippen LogP contribution in [-0.2, 0) is 9.59 Å². The summed E-state index contributed by atoms with van der Waals surface area (Å²) in [6, 6.07) is 12.3. The highest BCUT2D eigenvalue weighted by atomic mass is 16.2. The van der Waals surface area contributed by atoms with Gasteiger partial charge in [0, 0.05) is 36.1 Å². The summed E-state index contributed by atoms with van der Waals surface area (Å²) in [4.78, 5) is 47.9. The summed E-state index contributed by atoms with van der Waals surface area (Å²) in [7, 11) is 0. The summed E-state index contributed by atoms with van der Waals surface area (Å²) in [5, 5.41) is 0. The Morgan fingerprint density at radius 3 is 1.43 bits per heavy atom. The number of likely N-dealkylation sites (tertiary alicyclic amines) is 2. The Kier molecular flexibility index (Phi) is 8.01. The van der Waals surface area contributed by atoms with Crippen molar-refractivity contribution in [2.75, 3.05) is 13.1 Å². The lowest BCUT2D eigenvalue weighted by Gasteiger charge is -2.36.